The first-order valence-corrected chi connectivity index (χ1v) is 6.06. The zero-order valence-electron chi connectivity index (χ0n) is 11.2. The van der Waals surface area contributed by atoms with E-state index in [4.69, 9.17) is 4.52 Å². The SMILES string of the molecule is Cc1cc(CNc2nc(C)cc(C(C)C)n2)on1. The Bertz CT molecular complexity index is 534. The highest BCUT2D eigenvalue weighted by atomic mass is 16.5. The van der Waals surface area contributed by atoms with E-state index < -0.39 is 0 Å². The molecule has 0 spiro atoms. The molecule has 0 bridgehead atoms. The smallest absolute Gasteiger partial charge is 0.223 e. The Labute approximate surface area is 107 Å². The van der Waals surface area contributed by atoms with Crippen molar-refractivity contribution in [1.82, 2.24) is 15.1 Å². The number of hydrogen-bond acceptors (Lipinski definition) is 5. The van der Waals surface area contributed by atoms with Crippen molar-refractivity contribution in [1.29, 1.82) is 0 Å². The third kappa shape index (κ3) is 3.06. The van der Waals surface area contributed by atoms with Crippen LogP contribution < -0.4 is 5.32 Å². The second-order valence-corrected chi connectivity index (χ2v) is 4.70. The van der Waals surface area contributed by atoms with Crippen LogP contribution in [0.2, 0.25) is 0 Å². The minimum Gasteiger partial charge on any atom is -0.359 e. The molecule has 0 aromatic carbocycles. The summed E-state index contributed by atoms with van der Waals surface area (Å²) in [6, 6.07) is 3.90. The second-order valence-electron chi connectivity index (χ2n) is 4.70. The van der Waals surface area contributed by atoms with Gasteiger partial charge in [0, 0.05) is 17.5 Å². The summed E-state index contributed by atoms with van der Waals surface area (Å²) in [4.78, 5) is 8.82. The Morgan fingerprint density at radius 2 is 1.94 bits per heavy atom. The minimum absolute atomic E-state index is 0.389. The van der Waals surface area contributed by atoms with Gasteiger partial charge < -0.3 is 9.84 Å². The molecule has 2 aromatic heterocycles. The van der Waals surface area contributed by atoms with Crippen molar-refractivity contribution in [3.8, 4) is 0 Å². The van der Waals surface area contributed by atoms with E-state index in [-0.39, 0.29) is 0 Å². The maximum absolute atomic E-state index is 5.13. The maximum atomic E-state index is 5.13. The van der Waals surface area contributed by atoms with Crippen molar-refractivity contribution in [3.05, 3.63) is 35.0 Å². The van der Waals surface area contributed by atoms with Gasteiger partial charge in [-0.25, -0.2) is 9.97 Å². The van der Waals surface area contributed by atoms with E-state index in [1.54, 1.807) is 0 Å². The van der Waals surface area contributed by atoms with Gasteiger partial charge >= 0.3 is 0 Å². The molecule has 1 N–H and O–H groups in total. The highest BCUT2D eigenvalue weighted by Gasteiger charge is 2.06. The lowest BCUT2D eigenvalue weighted by molar-refractivity contribution is 0.384. The molecule has 0 aliphatic carbocycles. The van der Waals surface area contributed by atoms with Gasteiger partial charge in [-0.05, 0) is 25.8 Å². The van der Waals surface area contributed by atoms with Gasteiger partial charge in [0.1, 0.15) is 0 Å². The Morgan fingerprint density at radius 3 is 2.56 bits per heavy atom. The normalized spacial score (nSPS) is 10.9. The van der Waals surface area contributed by atoms with Crippen molar-refractivity contribution >= 4 is 5.95 Å². The van der Waals surface area contributed by atoms with Gasteiger partial charge in [-0.15, -0.1) is 0 Å². The van der Waals surface area contributed by atoms with E-state index in [9.17, 15) is 0 Å². The van der Waals surface area contributed by atoms with Gasteiger partial charge in [-0.1, -0.05) is 19.0 Å². The van der Waals surface area contributed by atoms with Crippen LogP contribution in [0.25, 0.3) is 0 Å². The lowest BCUT2D eigenvalue weighted by Crippen LogP contribution is -2.06. The monoisotopic (exact) mass is 246 g/mol. The van der Waals surface area contributed by atoms with Gasteiger partial charge in [0.05, 0.1) is 12.2 Å². The molecular formula is C13H18N4O. The standard InChI is InChI=1S/C13H18N4O/c1-8(2)12-6-9(3)15-13(16-12)14-7-11-5-10(4)17-18-11/h5-6,8H,7H2,1-4H3,(H,14,15,16). The van der Waals surface area contributed by atoms with Crippen LogP contribution in [0.1, 0.15) is 42.6 Å². The summed E-state index contributed by atoms with van der Waals surface area (Å²) < 4.78 is 5.13. The molecular weight excluding hydrogens is 228 g/mol. The number of aromatic nitrogens is 3. The maximum Gasteiger partial charge on any atom is 0.223 e. The van der Waals surface area contributed by atoms with Crippen LogP contribution in [-0.4, -0.2) is 15.1 Å². The molecule has 0 aliphatic rings. The summed E-state index contributed by atoms with van der Waals surface area (Å²) >= 11 is 0. The predicted molar refractivity (Wildman–Crippen MR) is 69.4 cm³/mol. The van der Waals surface area contributed by atoms with Crippen LogP contribution in [0.15, 0.2) is 16.7 Å². The molecule has 0 saturated carbocycles. The summed E-state index contributed by atoms with van der Waals surface area (Å²) in [5, 5.41) is 6.99. The second kappa shape index (κ2) is 5.16. The molecule has 0 fully saturated rings. The van der Waals surface area contributed by atoms with E-state index in [0.29, 0.717) is 18.4 Å². The minimum atomic E-state index is 0.389. The summed E-state index contributed by atoms with van der Waals surface area (Å²) in [6.45, 7) is 8.64. The van der Waals surface area contributed by atoms with Crippen LogP contribution in [0.3, 0.4) is 0 Å². The van der Waals surface area contributed by atoms with Crippen LogP contribution >= 0.6 is 0 Å². The largest absolute Gasteiger partial charge is 0.359 e. The molecule has 0 aliphatic heterocycles. The van der Waals surface area contributed by atoms with E-state index in [2.05, 4.69) is 34.3 Å². The molecule has 2 heterocycles. The zero-order valence-corrected chi connectivity index (χ0v) is 11.2. The molecule has 2 rings (SSSR count). The van der Waals surface area contributed by atoms with Gasteiger partial charge in [0.15, 0.2) is 5.76 Å². The molecule has 5 nitrogen and oxygen atoms in total. The van der Waals surface area contributed by atoms with Gasteiger partial charge in [-0.3, -0.25) is 0 Å². The highest BCUT2D eigenvalue weighted by Crippen LogP contribution is 2.15. The number of nitrogens with one attached hydrogen (secondary N) is 1. The Kier molecular flexibility index (Phi) is 3.60. The predicted octanol–water partition coefficient (Wildman–Crippen LogP) is 2.82. The van der Waals surface area contributed by atoms with Crippen molar-refractivity contribution in [2.45, 2.75) is 40.2 Å². The topological polar surface area (TPSA) is 63.8 Å². The molecule has 0 unspecified atom stereocenters. The highest BCUT2D eigenvalue weighted by molar-refractivity contribution is 5.29. The summed E-state index contributed by atoms with van der Waals surface area (Å²) in [5.41, 5.74) is 2.88. The summed E-state index contributed by atoms with van der Waals surface area (Å²) in [7, 11) is 0. The first-order valence-electron chi connectivity index (χ1n) is 6.06. The van der Waals surface area contributed by atoms with Crippen molar-refractivity contribution in [2.24, 2.45) is 0 Å². The average Bonchev–Trinajstić information content (AvgIpc) is 2.72. The number of rotatable bonds is 4. The van der Waals surface area contributed by atoms with Crippen LogP contribution in [-0.2, 0) is 6.54 Å². The third-order valence-corrected chi connectivity index (χ3v) is 2.56. The molecule has 0 atom stereocenters. The zero-order chi connectivity index (χ0) is 13.1. The molecule has 96 valence electrons. The van der Waals surface area contributed by atoms with Gasteiger partial charge in [0.2, 0.25) is 5.95 Å². The van der Waals surface area contributed by atoms with E-state index in [1.165, 1.54) is 0 Å². The average molecular weight is 246 g/mol. The van der Waals surface area contributed by atoms with Crippen LogP contribution in [0, 0.1) is 13.8 Å². The van der Waals surface area contributed by atoms with Crippen LogP contribution in [0.4, 0.5) is 5.95 Å². The summed E-state index contributed by atoms with van der Waals surface area (Å²) in [6.07, 6.45) is 0. The fraction of sp³-hybridized carbons (Fsp3) is 0.462. The lowest BCUT2D eigenvalue weighted by atomic mass is 10.1. The fourth-order valence-electron chi connectivity index (χ4n) is 1.63. The molecule has 0 saturated heterocycles. The number of nitrogens with zero attached hydrogens (tertiary/aromatic N) is 3. The number of hydrogen-bond donors (Lipinski definition) is 1. The van der Waals surface area contributed by atoms with Crippen LogP contribution in [0.5, 0.6) is 0 Å². The number of anilines is 1. The number of aryl methyl sites for hydroxylation is 2. The summed E-state index contributed by atoms with van der Waals surface area (Å²) in [5.74, 6) is 1.80. The quantitative estimate of drug-likeness (QED) is 0.898. The van der Waals surface area contributed by atoms with Crippen molar-refractivity contribution in [3.63, 3.8) is 0 Å². The Morgan fingerprint density at radius 1 is 1.17 bits per heavy atom. The third-order valence-electron chi connectivity index (χ3n) is 2.56. The Balaban J connectivity index is 2.09. The molecule has 18 heavy (non-hydrogen) atoms. The fourth-order valence-corrected chi connectivity index (χ4v) is 1.63. The lowest BCUT2D eigenvalue weighted by Gasteiger charge is -2.09. The van der Waals surface area contributed by atoms with E-state index in [0.717, 1.165) is 22.8 Å². The van der Waals surface area contributed by atoms with E-state index >= 15 is 0 Å². The first-order chi connectivity index (χ1) is 8.54. The van der Waals surface area contributed by atoms with Crippen molar-refractivity contribution < 1.29 is 4.52 Å². The van der Waals surface area contributed by atoms with Gasteiger partial charge in [0.25, 0.3) is 0 Å². The van der Waals surface area contributed by atoms with Crippen molar-refractivity contribution in [2.75, 3.05) is 5.32 Å². The Hall–Kier alpha value is -1.91. The molecule has 2 aromatic rings. The molecule has 0 radical (unpaired) electrons. The molecule has 0 amide bonds. The first kappa shape index (κ1) is 12.5. The van der Waals surface area contributed by atoms with E-state index in [1.807, 2.05) is 26.0 Å². The van der Waals surface area contributed by atoms with Gasteiger partial charge in [-0.2, -0.15) is 0 Å². The molecule has 5 heteroatoms.